The SMILES string of the molecule is Cc1ccc(NC(=O)C2CC2)cc1NC(=O)N1C[C@@H](C)C[C@H](C)C1. The average Bonchev–Trinajstić information content (AvgIpc) is 3.34. The van der Waals surface area contributed by atoms with Crippen LogP contribution in [0.3, 0.4) is 0 Å². The van der Waals surface area contributed by atoms with Gasteiger partial charge in [-0.1, -0.05) is 19.9 Å². The molecule has 2 atom stereocenters. The van der Waals surface area contributed by atoms with Crippen LogP contribution in [0, 0.1) is 24.7 Å². The molecule has 5 nitrogen and oxygen atoms in total. The van der Waals surface area contributed by atoms with Gasteiger partial charge in [0.1, 0.15) is 0 Å². The molecule has 2 aliphatic rings. The highest BCUT2D eigenvalue weighted by atomic mass is 16.2. The molecular formula is C19H27N3O2. The van der Waals surface area contributed by atoms with Crippen molar-refractivity contribution in [2.24, 2.45) is 17.8 Å². The molecular weight excluding hydrogens is 302 g/mol. The molecule has 3 amide bonds. The molecule has 1 saturated heterocycles. The maximum Gasteiger partial charge on any atom is 0.321 e. The number of anilines is 2. The molecule has 130 valence electrons. The number of rotatable bonds is 3. The van der Waals surface area contributed by atoms with Gasteiger partial charge in [0.15, 0.2) is 0 Å². The largest absolute Gasteiger partial charge is 0.326 e. The lowest BCUT2D eigenvalue weighted by Crippen LogP contribution is -2.44. The van der Waals surface area contributed by atoms with Crippen molar-refractivity contribution in [3.63, 3.8) is 0 Å². The lowest BCUT2D eigenvalue weighted by atomic mass is 9.92. The fourth-order valence-corrected chi connectivity index (χ4v) is 3.45. The first-order chi connectivity index (χ1) is 11.4. The van der Waals surface area contributed by atoms with Gasteiger partial charge in [-0.05, 0) is 55.7 Å². The molecule has 1 heterocycles. The summed E-state index contributed by atoms with van der Waals surface area (Å²) in [7, 11) is 0. The van der Waals surface area contributed by atoms with Crippen LogP contribution in [0.25, 0.3) is 0 Å². The molecule has 0 spiro atoms. The number of benzene rings is 1. The first kappa shape index (κ1) is 16.8. The number of urea groups is 1. The summed E-state index contributed by atoms with van der Waals surface area (Å²) in [6.07, 6.45) is 3.13. The summed E-state index contributed by atoms with van der Waals surface area (Å²) >= 11 is 0. The number of nitrogens with one attached hydrogen (secondary N) is 2. The molecule has 0 bridgehead atoms. The zero-order chi connectivity index (χ0) is 17.3. The molecule has 2 N–H and O–H groups in total. The van der Waals surface area contributed by atoms with Gasteiger partial charge >= 0.3 is 6.03 Å². The summed E-state index contributed by atoms with van der Waals surface area (Å²) in [6.45, 7) is 7.94. The predicted octanol–water partition coefficient (Wildman–Crippen LogP) is 3.85. The maximum absolute atomic E-state index is 12.6. The van der Waals surface area contributed by atoms with Gasteiger partial charge in [0.25, 0.3) is 0 Å². The first-order valence-corrected chi connectivity index (χ1v) is 8.90. The van der Waals surface area contributed by atoms with Crippen molar-refractivity contribution in [2.75, 3.05) is 23.7 Å². The van der Waals surface area contributed by atoms with Crippen molar-refractivity contribution >= 4 is 23.3 Å². The molecule has 24 heavy (non-hydrogen) atoms. The molecule has 0 aromatic heterocycles. The maximum atomic E-state index is 12.6. The van der Waals surface area contributed by atoms with E-state index in [1.165, 1.54) is 6.42 Å². The van der Waals surface area contributed by atoms with Crippen molar-refractivity contribution in [1.29, 1.82) is 0 Å². The van der Waals surface area contributed by atoms with Gasteiger partial charge in [0.05, 0.1) is 0 Å². The Labute approximate surface area is 143 Å². The van der Waals surface area contributed by atoms with E-state index >= 15 is 0 Å². The number of piperidine rings is 1. The average molecular weight is 329 g/mol. The van der Waals surface area contributed by atoms with Crippen LogP contribution in [0.4, 0.5) is 16.2 Å². The Morgan fingerprint density at radius 1 is 1.08 bits per heavy atom. The van der Waals surface area contributed by atoms with Crippen LogP contribution >= 0.6 is 0 Å². The van der Waals surface area contributed by atoms with Crippen LogP contribution in [0.5, 0.6) is 0 Å². The normalized spacial score (nSPS) is 23.7. The molecule has 5 heteroatoms. The fourth-order valence-electron chi connectivity index (χ4n) is 3.45. The highest BCUT2D eigenvalue weighted by Crippen LogP contribution is 2.31. The first-order valence-electron chi connectivity index (χ1n) is 8.90. The Morgan fingerprint density at radius 2 is 1.75 bits per heavy atom. The lowest BCUT2D eigenvalue weighted by Gasteiger charge is -2.35. The molecule has 1 aliphatic heterocycles. The second-order valence-corrected chi connectivity index (χ2v) is 7.57. The van der Waals surface area contributed by atoms with E-state index in [0.29, 0.717) is 11.8 Å². The highest BCUT2D eigenvalue weighted by molar-refractivity contribution is 5.96. The van der Waals surface area contributed by atoms with Gasteiger partial charge in [0.2, 0.25) is 5.91 Å². The van der Waals surface area contributed by atoms with E-state index in [1.807, 2.05) is 30.0 Å². The van der Waals surface area contributed by atoms with Gasteiger partial charge in [0, 0.05) is 30.4 Å². The summed E-state index contributed by atoms with van der Waals surface area (Å²) in [5.41, 5.74) is 2.50. The van der Waals surface area contributed by atoms with E-state index in [-0.39, 0.29) is 17.9 Å². The third-order valence-corrected chi connectivity index (χ3v) is 4.85. The Hall–Kier alpha value is -2.04. The van der Waals surface area contributed by atoms with Crippen LogP contribution in [-0.2, 0) is 4.79 Å². The molecule has 0 unspecified atom stereocenters. The quantitative estimate of drug-likeness (QED) is 0.885. The molecule has 2 fully saturated rings. The lowest BCUT2D eigenvalue weighted by molar-refractivity contribution is -0.117. The minimum absolute atomic E-state index is 0.0535. The van der Waals surface area contributed by atoms with Crippen molar-refractivity contribution in [3.8, 4) is 0 Å². The Morgan fingerprint density at radius 3 is 2.38 bits per heavy atom. The number of amides is 3. The molecule has 3 rings (SSSR count). The zero-order valence-corrected chi connectivity index (χ0v) is 14.8. The smallest absolute Gasteiger partial charge is 0.321 e. The number of nitrogens with zero attached hydrogens (tertiary/aromatic N) is 1. The molecule has 1 saturated carbocycles. The number of hydrogen-bond donors (Lipinski definition) is 2. The van der Waals surface area contributed by atoms with E-state index in [4.69, 9.17) is 0 Å². The third kappa shape index (κ3) is 4.08. The standard InChI is InChI=1S/C19H27N3O2/c1-12-8-13(2)11-22(10-12)19(24)21-17-9-16(7-4-14(17)3)20-18(23)15-5-6-15/h4,7,9,12-13,15H,5-6,8,10-11H2,1-3H3,(H,20,23)(H,21,24)/t12-,13-/m0/s1. The van der Waals surface area contributed by atoms with Gasteiger partial charge in [-0.2, -0.15) is 0 Å². The number of aryl methyl sites for hydroxylation is 1. The second-order valence-electron chi connectivity index (χ2n) is 7.57. The summed E-state index contributed by atoms with van der Waals surface area (Å²) in [6, 6.07) is 5.61. The van der Waals surface area contributed by atoms with E-state index < -0.39 is 0 Å². The minimum Gasteiger partial charge on any atom is -0.326 e. The van der Waals surface area contributed by atoms with Crippen LogP contribution in [0.1, 0.15) is 38.7 Å². The number of hydrogen-bond acceptors (Lipinski definition) is 2. The number of carbonyl (C=O) groups excluding carboxylic acids is 2. The third-order valence-electron chi connectivity index (χ3n) is 4.85. The Kier molecular flexibility index (Phi) is 4.78. The predicted molar refractivity (Wildman–Crippen MR) is 96.1 cm³/mol. The van der Waals surface area contributed by atoms with Crippen molar-refractivity contribution in [2.45, 2.75) is 40.0 Å². The van der Waals surface area contributed by atoms with E-state index in [9.17, 15) is 9.59 Å². The van der Waals surface area contributed by atoms with E-state index in [2.05, 4.69) is 24.5 Å². The zero-order valence-electron chi connectivity index (χ0n) is 14.8. The van der Waals surface area contributed by atoms with Crippen LogP contribution < -0.4 is 10.6 Å². The minimum atomic E-state index is -0.0535. The van der Waals surface area contributed by atoms with E-state index in [1.54, 1.807) is 0 Å². The fraction of sp³-hybridized carbons (Fsp3) is 0.579. The second kappa shape index (κ2) is 6.83. The summed E-state index contributed by atoms with van der Waals surface area (Å²) in [4.78, 5) is 26.4. The number of carbonyl (C=O) groups is 2. The topological polar surface area (TPSA) is 61.4 Å². The molecule has 0 radical (unpaired) electrons. The van der Waals surface area contributed by atoms with Crippen molar-refractivity contribution in [1.82, 2.24) is 4.90 Å². The van der Waals surface area contributed by atoms with Gasteiger partial charge in [-0.15, -0.1) is 0 Å². The number of likely N-dealkylation sites (tertiary alicyclic amines) is 1. The van der Waals surface area contributed by atoms with Gasteiger partial charge < -0.3 is 15.5 Å². The Bertz CT molecular complexity index is 629. The van der Waals surface area contributed by atoms with Gasteiger partial charge in [-0.25, -0.2) is 4.79 Å². The van der Waals surface area contributed by atoms with Crippen LogP contribution in [0.15, 0.2) is 18.2 Å². The highest BCUT2D eigenvalue weighted by Gasteiger charge is 2.29. The Balaban J connectivity index is 1.66. The van der Waals surface area contributed by atoms with Crippen molar-refractivity contribution in [3.05, 3.63) is 23.8 Å². The van der Waals surface area contributed by atoms with Crippen molar-refractivity contribution < 1.29 is 9.59 Å². The summed E-state index contributed by atoms with van der Waals surface area (Å²) in [5.74, 6) is 1.31. The van der Waals surface area contributed by atoms with Gasteiger partial charge in [-0.3, -0.25) is 4.79 Å². The molecule has 1 aromatic rings. The van der Waals surface area contributed by atoms with Crippen LogP contribution in [0.2, 0.25) is 0 Å². The van der Waals surface area contributed by atoms with E-state index in [0.717, 1.165) is 42.9 Å². The monoisotopic (exact) mass is 329 g/mol. The van der Waals surface area contributed by atoms with Crippen LogP contribution in [-0.4, -0.2) is 29.9 Å². The summed E-state index contributed by atoms with van der Waals surface area (Å²) < 4.78 is 0. The summed E-state index contributed by atoms with van der Waals surface area (Å²) in [5, 5.41) is 5.95. The molecule has 1 aliphatic carbocycles. The molecule has 1 aromatic carbocycles.